The highest BCUT2D eigenvalue weighted by Crippen LogP contribution is 2.10. The van der Waals surface area contributed by atoms with Gasteiger partial charge < -0.3 is 20.2 Å². The quantitative estimate of drug-likeness (QED) is 0.341. The molecule has 184 valence electrons. The molecule has 0 saturated heterocycles. The van der Waals surface area contributed by atoms with Gasteiger partial charge in [-0.3, -0.25) is 4.79 Å². The van der Waals surface area contributed by atoms with Gasteiger partial charge in [-0.1, -0.05) is 44.2 Å². The fourth-order valence-electron chi connectivity index (χ4n) is 3.55. The van der Waals surface area contributed by atoms with E-state index in [1.807, 2.05) is 44.2 Å². The highest BCUT2D eigenvalue weighted by Gasteiger charge is 2.25. The summed E-state index contributed by atoms with van der Waals surface area (Å²) < 4.78 is 32.1. The zero-order valence-electron chi connectivity index (χ0n) is 19.6. The van der Waals surface area contributed by atoms with Crippen LogP contribution in [0.15, 0.2) is 53.1 Å². The highest BCUT2D eigenvalue weighted by atomic mass is 32.2. The number of hydrogen-bond donors (Lipinski definition) is 3. The molecular formula is C24H37N3O5S. The molecule has 0 saturated carbocycles. The monoisotopic (exact) mass is 479 g/mol. The van der Waals surface area contributed by atoms with Gasteiger partial charge in [0.25, 0.3) is 0 Å². The number of rotatable bonds is 16. The van der Waals surface area contributed by atoms with Crippen LogP contribution in [0.4, 0.5) is 0 Å². The minimum Gasteiger partial charge on any atom is -0.469 e. The fourth-order valence-corrected chi connectivity index (χ4v) is 5.17. The van der Waals surface area contributed by atoms with Crippen molar-refractivity contribution in [2.24, 2.45) is 0 Å². The number of sulfonamides is 1. The van der Waals surface area contributed by atoms with E-state index in [1.165, 1.54) is 10.6 Å². The third-order valence-corrected chi connectivity index (χ3v) is 7.14. The lowest BCUT2D eigenvalue weighted by atomic mass is 10.1. The Bertz CT molecular complexity index is 897. The zero-order chi connectivity index (χ0) is 24.1. The number of nitrogens with zero attached hydrogens (tertiary/aromatic N) is 1. The van der Waals surface area contributed by atoms with Crippen molar-refractivity contribution in [2.75, 3.05) is 25.4 Å². The van der Waals surface area contributed by atoms with Crippen LogP contribution in [0.2, 0.25) is 0 Å². The Labute approximate surface area is 197 Å². The predicted octanol–water partition coefficient (Wildman–Crippen LogP) is 2.30. The Morgan fingerprint density at radius 3 is 2.39 bits per heavy atom. The molecule has 0 spiro atoms. The van der Waals surface area contributed by atoms with Crippen molar-refractivity contribution < 1.29 is 22.7 Å². The summed E-state index contributed by atoms with van der Waals surface area (Å²) in [6.45, 7) is 5.60. The number of carbonyl (C=O) groups is 1. The molecule has 2 rings (SSSR count). The summed E-state index contributed by atoms with van der Waals surface area (Å²) in [6, 6.07) is 12.7. The average Bonchev–Trinajstić information content (AvgIpc) is 3.31. The third kappa shape index (κ3) is 9.67. The number of nitrogens with one attached hydrogen (secondary N) is 2. The molecule has 0 fully saturated rings. The maximum absolute atomic E-state index is 12.6. The van der Waals surface area contributed by atoms with Gasteiger partial charge in [-0.15, -0.1) is 0 Å². The lowest BCUT2D eigenvalue weighted by Crippen LogP contribution is -2.49. The number of aliphatic hydroxyl groups excluding tert-OH is 1. The van der Waals surface area contributed by atoms with Gasteiger partial charge in [0.2, 0.25) is 15.9 Å². The predicted molar refractivity (Wildman–Crippen MR) is 129 cm³/mol. The Morgan fingerprint density at radius 2 is 1.79 bits per heavy atom. The molecule has 0 aliphatic rings. The van der Waals surface area contributed by atoms with Crippen LogP contribution in [0.1, 0.15) is 44.4 Å². The maximum atomic E-state index is 12.6. The van der Waals surface area contributed by atoms with Gasteiger partial charge in [0.15, 0.2) is 0 Å². The second-order valence-corrected chi connectivity index (χ2v) is 10.2. The second-order valence-electron chi connectivity index (χ2n) is 8.11. The summed E-state index contributed by atoms with van der Waals surface area (Å²) in [5.41, 5.74) is 1.09. The maximum Gasteiger partial charge on any atom is 0.221 e. The molecule has 0 radical (unpaired) electrons. The number of carbonyl (C=O) groups excluding carboxylic acids is 1. The first-order valence-electron chi connectivity index (χ1n) is 11.6. The van der Waals surface area contributed by atoms with E-state index in [0.29, 0.717) is 31.8 Å². The lowest BCUT2D eigenvalue weighted by Gasteiger charge is -2.25. The molecule has 3 N–H and O–H groups in total. The highest BCUT2D eigenvalue weighted by molar-refractivity contribution is 7.89. The van der Waals surface area contributed by atoms with Gasteiger partial charge in [0.1, 0.15) is 5.76 Å². The van der Waals surface area contributed by atoms with Crippen molar-refractivity contribution in [3.05, 3.63) is 60.1 Å². The normalized spacial score (nSPS) is 13.7. The summed E-state index contributed by atoms with van der Waals surface area (Å²) in [5.74, 6) is -0.0356. The molecule has 0 bridgehead atoms. The Kier molecular flexibility index (Phi) is 11.6. The Balaban J connectivity index is 1.93. The first-order valence-corrected chi connectivity index (χ1v) is 13.2. The largest absolute Gasteiger partial charge is 0.469 e. The number of hydrogen-bond acceptors (Lipinski definition) is 6. The molecule has 1 amide bonds. The second kappa shape index (κ2) is 14.1. The van der Waals surface area contributed by atoms with E-state index in [-0.39, 0.29) is 18.7 Å². The molecular weight excluding hydrogens is 442 g/mol. The van der Waals surface area contributed by atoms with E-state index < -0.39 is 28.1 Å². The van der Waals surface area contributed by atoms with E-state index in [1.54, 1.807) is 12.1 Å². The molecule has 1 aromatic carbocycles. The molecule has 2 atom stereocenters. The summed E-state index contributed by atoms with van der Waals surface area (Å²) >= 11 is 0. The number of benzene rings is 1. The van der Waals surface area contributed by atoms with Gasteiger partial charge in [0, 0.05) is 39.0 Å². The molecule has 33 heavy (non-hydrogen) atoms. The standard InChI is InChI=1S/C24H37N3O5S/c1-3-13-27(14-4-2)33(30,31)16-12-24(29)26-22(17-21-11-8-15-32-21)23(28)19-25-18-20-9-6-5-7-10-20/h5-11,15,22-23,25,28H,3-4,12-14,16-19H2,1-2H3,(H,26,29)/t22-,23+/m0/s1. The first kappa shape index (κ1) is 27.0. The van der Waals surface area contributed by atoms with Crippen LogP contribution in [0.5, 0.6) is 0 Å². The summed E-state index contributed by atoms with van der Waals surface area (Å²) in [4.78, 5) is 12.6. The Hall–Kier alpha value is -2.20. The minimum absolute atomic E-state index is 0.162. The first-order chi connectivity index (χ1) is 15.9. The van der Waals surface area contributed by atoms with Gasteiger partial charge in [-0.25, -0.2) is 12.7 Å². The van der Waals surface area contributed by atoms with Crippen LogP contribution < -0.4 is 10.6 Å². The van der Waals surface area contributed by atoms with E-state index >= 15 is 0 Å². The van der Waals surface area contributed by atoms with Gasteiger partial charge in [-0.2, -0.15) is 0 Å². The molecule has 2 aromatic rings. The van der Waals surface area contributed by atoms with Crippen LogP contribution in [-0.2, 0) is 27.8 Å². The summed E-state index contributed by atoms with van der Waals surface area (Å²) in [7, 11) is -3.51. The topological polar surface area (TPSA) is 112 Å². The van der Waals surface area contributed by atoms with E-state index in [9.17, 15) is 18.3 Å². The van der Waals surface area contributed by atoms with Gasteiger partial charge in [-0.05, 0) is 30.5 Å². The molecule has 0 unspecified atom stereocenters. The van der Waals surface area contributed by atoms with Crippen LogP contribution in [0.3, 0.4) is 0 Å². The molecule has 0 aliphatic carbocycles. The molecule has 1 aromatic heterocycles. The van der Waals surface area contributed by atoms with Crippen LogP contribution in [-0.4, -0.2) is 61.3 Å². The Morgan fingerprint density at radius 1 is 1.09 bits per heavy atom. The van der Waals surface area contributed by atoms with Crippen molar-refractivity contribution in [3.8, 4) is 0 Å². The van der Waals surface area contributed by atoms with Crippen molar-refractivity contribution in [3.63, 3.8) is 0 Å². The fraction of sp³-hybridized carbons (Fsp3) is 0.542. The molecule has 0 aliphatic heterocycles. The number of furan rings is 1. The number of amides is 1. The third-order valence-electron chi connectivity index (χ3n) is 5.26. The molecule has 8 nitrogen and oxygen atoms in total. The van der Waals surface area contributed by atoms with E-state index in [0.717, 1.165) is 18.4 Å². The van der Waals surface area contributed by atoms with E-state index in [4.69, 9.17) is 4.42 Å². The summed E-state index contributed by atoms with van der Waals surface area (Å²) in [5, 5.41) is 16.8. The minimum atomic E-state index is -3.51. The smallest absolute Gasteiger partial charge is 0.221 e. The lowest BCUT2D eigenvalue weighted by molar-refractivity contribution is -0.122. The van der Waals surface area contributed by atoms with Crippen molar-refractivity contribution in [2.45, 2.75) is 58.2 Å². The van der Waals surface area contributed by atoms with E-state index in [2.05, 4.69) is 10.6 Å². The van der Waals surface area contributed by atoms with Crippen LogP contribution in [0.25, 0.3) is 0 Å². The van der Waals surface area contributed by atoms with Gasteiger partial charge >= 0.3 is 0 Å². The average molecular weight is 480 g/mol. The van der Waals surface area contributed by atoms with Gasteiger partial charge in [0.05, 0.1) is 24.2 Å². The van der Waals surface area contributed by atoms with Crippen molar-refractivity contribution in [1.29, 1.82) is 0 Å². The molecule has 9 heteroatoms. The summed E-state index contributed by atoms with van der Waals surface area (Å²) in [6.07, 6.45) is 2.24. The number of aliphatic hydroxyl groups is 1. The van der Waals surface area contributed by atoms with Crippen molar-refractivity contribution in [1.82, 2.24) is 14.9 Å². The van der Waals surface area contributed by atoms with Crippen LogP contribution >= 0.6 is 0 Å². The zero-order valence-corrected chi connectivity index (χ0v) is 20.4. The SMILES string of the molecule is CCCN(CCC)S(=O)(=O)CCC(=O)N[C@@H](Cc1ccco1)[C@H](O)CNCc1ccccc1. The van der Waals surface area contributed by atoms with Crippen molar-refractivity contribution >= 4 is 15.9 Å². The molecule has 1 heterocycles. The van der Waals surface area contributed by atoms with Crippen LogP contribution in [0, 0.1) is 0 Å².